The SMILES string of the molecule is CC1CCCCN1Cc1ccc(-c2nc3ccccc3c(=O)[nH]2)cc1F. The van der Waals surface area contributed by atoms with E-state index in [1.54, 1.807) is 24.3 Å². The molecular formula is C21H22FN3O. The molecule has 0 aliphatic carbocycles. The molecule has 1 saturated heterocycles. The molecule has 2 aromatic carbocycles. The van der Waals surface area contributed by atoms with Crippen LogP contribution in [-0.4, -0.2) is 27.5 Å². The molecule has 0 radical (unpaired) electrons. The van der Waals surface area contributed by atoms with Gasteiger partial charge in [-0.1, -0.05) is 30.7 Å². The lowest BCUT2D eigenvalue weighted by molar-refractivity contribution is 0.151. The highest BCUT2D eigenvalue weighted by Crippen LogP contribution is 2.23. The molecule has 3 aromatic rings. The van der Waals surface area contributed by atoms with Crippen molar-refractivity contribution in [3.63, 3.8) is 0 Å². The number of aromatic nitrogens is 2. The molecule has 4 nitrogen and oxygen atoms in total. The summed E-state index contributed by atoms with van der Waals surface area (Å²) in [5.41, 5.74) is 1.67. The van der Waals surface area contributed by atoms with Gasteiger partial charge in [-0.3, -0.25) is 9.69 Å². The lowest BCUT2D eigenvalue weighted by atomic mass is 10.0. The number of hydrogen-bond acceptors (Lipinski definition) is 3. The minimum Gasteiger partial charge on any atom is -0.306 e. The van der Waals surface area contributed by atoms with E-state index in [0.29, 0.717) is 40.4 Å². The third-order valence-corrected chi connectivity index (χ3v) is 5.25. The Bertz CT molecular complexity index is 998. The van der Waals surface area contributed by atoms with E-state index in [4.69, 9.17) is 0 Å². The van der Waals surface area contributed by atoms with Crippen LogP contribution in [0.25, 0.3) is 22.3 Å². The van der Waals surface area contributed by atoms with Gasteiger partial charge in [0.15, 0.2) is 0 Å². The van der Waals surface area contributed by atoms with Gasteiger partial charge < -0.3 is 4.98 Å². The van der Waals surface area contributed by atoms with Gasteiger partial charge in [0.05, 0.1) is 10.9 Å². The molecule has 1 aliphatic rings. The first kappa shape index (κ1) is 16.9. The Kier molecular flexibility index (Phi) is 4.55. The number of para-hydroxylation sites is 1. The molecule has 26 heavy (non-hydrogen) atoms. The smallest absolute Gasteiger partial charge is 0.259 e. The lowest BCUT2D eigenvalue weighted by Gasteiger charge is -2.33. The van der Waals surface area contributed by atoms with Crippen molar-refractivity contribution in [2.45, 2.75) is 38.8 Å². The third kappa shape index (κ3) is 3.27. The highest BCUT2D eigenvalue weighted by Gasteiger charge is 2.19. The number of hydrogen-bond donors (Lipinski definition) is 1. The molecule has 0 amide bonds. The first-order valence-corrected chi connectivity index (χ1v) is 9.14. The minimum atomic E-state index is -0.254. The topological polar surface area (TPSA) is 49.0 Å². The van der Waals surface area contributed by atoms with E-state index in [9.17, 15) is 9.18 Å². The zero-order valence-electron chi connectivity index (χ0n) is 14.8. The molecule has 1 N–H and O–H groups in total. The number of H-pyrrole nitrogens is 1. The van der Waals surface area contributed by atoms with Crippen LogP contribution in [0, 0.1) is 5.82 Å². The second-order valence-corrected chi connectivity index (χ2v) is 7.05. The van der Waals surface area contributed by atoms with E-state index in [-0.39, 0.29) is 11.4 Å². The molecule has 0 saturated carbocycles. The number of halogens is 1. The number of piperidine rings is 1. The van der Waals surface area contributed by atoms with Crippen molar-refractivity contribution in [2.75, 3.05) is 6.54 Å². The summed E-state index contributed by atoms with van der Waals surface area (Å²) in [7, 11) is 0. The number of benzene rings is 2. The molecule has 1 aromatic heterocycles. The Morgan fingerprint density at radius 3 is 2.88 bits per heavy atom. The van der Waals surface area contributed by atoms with Crippen LogP contribution >= 0.6 is 0 Å². The van der Waals surface area contributed by atoms with Crippen LogP contribution in [0.15, 0.2) is 47.3 Å². The normalized spacial score (nSPS) is 18.3. The van der Waals surface area contributed by atoms with E-state index in [1.165, 1.54) is 25.3 Å². The highest BCUT2D eigenvalue weighted by atomic mass is 19.1. The van der Waals surface area contributed by atoms with E-state index in [2.05, 4.69) is 21.8 Å². The Hall–Kier alpha value is -2.53. The Morgan fingerprint density at radius 2 is 2.08 bits per heavy atom. The van der Waals surface area contributed by atoms with E-state index >= 15 is 0 Å². The van der Waals surface area contributed by atoms with Gasteiger partial charge in [-0.2, -0.15) is 0 Å². The number of aromatic amines is 1. The fourth-order valence-corrected chi connectivity index (χ4v) is 3.66. The van der Waals surface area contributed by atoms with Gasteiger partial charge in [0, 0.05) is 23.7 Å². The first-order chi connectivity index (χ1) is 12.6. The predicted octanol–water partition coefficient (Wildman–Crippen LogP) is 4.10. The second-order valence-electron chi connectivity index (χ2n) is 7.05. The lowest BCUT2D eigenvalue weighted by Crippen LogP contribution is -2.36. The average molecular weight is 351 g/mol. The minimum absolute atomic E-state index is 0.211. The zero-order valence-corrected chi connectivity index (χ0v) is 14.8. The molecule has 4 rings (SSSR count). The molecule has 2 heterocycles. The van der Waals surface area contributed by atoms with Crippen LogP contribution in [0.2, 0.25) is 0 Å². The summed E-state index contributed by atoms with van der Waals surface area (Å²) in [6, 6.07) is 12.8. The number of nitrogens with one attached hydrogen (secondary N) is 1. The van der Waals surface area contributed by atoms with E-state index < -0.39 is 0 Å². The van der Waals surface area contributed by atoms with Gasteiger partial charge in [-0.15, -0.1) is 0 Å². The monoisotopic (exact) mass is 351 g/mol. The maximum Gasteiger partial charge on any atom is 0.259 e. The van der Waals surface area contributed by atoms with Gasteiger partial charge in [-0.05, 0) is 44.5 Å². The Morgan fingerprint density at radius 1 is 1.23 bits per heavy atom. The van der Waals surface area contributed by atoms with Crippen LogP contribution in [-0.2, 0) is 6.54 Å². The predicted molar refractivity (Wildman–Crippen MR) is 101 cm³/mol. The summed E-state index contributed by atoms with van der Waals surface area (Å²) in [6.45, 7) is 3.84. The highest BCUT2D eigenvalue weighted by molar-refractivity contribution is 5.79. The van der Waals surface area contributed by atoms with Gasteiger partial charge >= 0.3 is 0 Å². The summed E-state index contributed by atoms with van der Waals surface area (Å²) < 4.78 is 14.7. The van der Waals surface area contributed by atoms with Crippen LogP contribution < -0.4 is 5.56 Å². The van der Waals surface area contributed by atoms with Crippen molar-refractivity contribution < 1.29 is 4.39 Å². The van der Waals surface area contributed by atoms with Crippen LogP contribution in [0.1, 0.15) is 31.7 Å². The number of fused-ring (bicyclic) bond motifs is 1. The molecule has 0 bridgehead atoms. The quantitative estimate of drug-likeness (QED) is 0.773. The molecule has 5 heteroatoms. The molecule has 1 atom stereocenters. The maximum atomic E-state index is 14.7. The average Bonchev–Trinajstić information content (AvgIpc) is 2.65. The summed E-state index contributed by atoms with van der Waals surface area (Å²) >= 11 is 0. The number of nitrogens with zero attached hydrogens (tertiary/aromatic N) is 2. The van der Waals surface area contributed by atoms with Crippen molar-refractivity contribution in [1.29, 1.82) is 0 Å². The Labute approximate surface area is 151 Å². The van der Waals surface area contributed by atoms with Crippen LogP contribution in [0.4, 0.5) is 4.39 Å². The fraction of sp³-hybridized carbons (Fsp3) is 0.333. The fourth-order valence-electron chi connectivity index (χ4n) is 3.66. The molecule has 134 valence electrons. The second kappa shape index (κ2) is 7.00. The summed E-state index contributed by atoms with van der Waals surface area (Å²) in [5.74, 6) is 0.140. The summed E-state index contributed by atoms with van der Waals surface area (Å²) in [5, 5.41) is 0.535. The standard InChI is InChI=1S/C21H22FN3O/c1-14-6-4-5-11-25(14)13-16-10-9-15(12-18(16)22)20-23-19-8-3-2-7-17(19)21(26)24-20/h2-3,7-10,12,14H,4-6,11,13H2,1H3,(H,23,24,26). The molecule has 1 fully saturated rings. The van der Waals surface area contributed by atoms with Crippen molar-refractivity contribution in [2.24, 2.45) is 0 Å². The van der Waals surface area contributed by atoms with Crippen molar-refractivity contribution in [1.82, 2.24) is 14.9 Å². The van der Waals surface area contributed by atoms with Crippen molar-refractivity contribution >= 4 is 10.9 Å². The molecular weight excluding hydrogens is 329 g/mol. The van der Waals surface area contributed by atoms with Gasteiger partial charge in [0.25, 0.3) is 5.56 Å². The van der Waals surface area contributed by atoms with Crippen LogP contribution in [0.5, 0.6) is 0 Å². The van der Waals surface area contributed by atoms with Crippen molar-refractivity contribution in [3.05, 3.63) is 64.2 Å². The number of rotatable bonds is 3. The van der Waals surface area contributed by atoms with E-state index in [1.807, 2.05) is 12.1 Å². The van der Waals surface area contributed by atoms with E-state index in [0.717, 1.165) is 6.54 Å². The third-order valence-electron chi connectivity index (χ3n) is 5.25. The summed E-state index contributed by atoms with van der Waals surface area (Å²) in [4.78, 5) is 21.8. The largest absolute Gasteiger partial charge is 0.306 e. The first-order valence-electron chi connectivity index (χ1n) is 9.14. The molecule has 1 aliphatic heterocycles. The van der Waals surface area contributed by atoms with Crippen LogP contribution in [0.3, 0.4) is 0 Å². The van der Waals surface area contributed by atoms with Crippen molar-refractivity contribution in [3.8, 4) is 11.4 Å². The zero-order chi connectivity index (χ0) is 18.1. The molecule has 1 unspecified atom stereocenters. The maximum absolute atomic E-state index is 14.7. The molecule has 0 spiro atoms. The van der Waals surface area contributed by atoms with Gasteiger partial charge in [0.1, 0.15) is 11.6 Å². The van der Waals surface area contributed by atoms with Gasteiger partial charge in [-0.25, -0.2) is 9.37 Å². The van der Waals surface area contributed by atoms with Gasteiger partial charge in [0.2, 0.25) is 0 Å². The summed E-state index contributed by atoms with van der Waals surface area (Å²) in [6.07, 6.45) is 3.59. The number of likely N-dealkylation sites (tertiary alicyclic amines) is 1. The Balaban J connectivity index is 1.64.